The number of rotatable bonds is 4. The third kappa shape index (κ3) is 2.96. The normalized spacial score (nSPS) is 12.2. The minimum Gasteiger partial charge on any atom is -0.303 e. The van der Waals surface area contributed by atoms with E-state index in [1.54, 1.807) is 0 Å². The molecule has 1 N–H and O–H groups in total. The lowest BCUT2D eigenvalue weighted by Crippen LogP contribution is -2.06. The van der Waals surface area contributed by atoms with Crippen LogP contribution in [0.4, 0.5) is 0 Å². The molecule has 0 fully saturated rings. The predicted octanol–water partition coefficient (Wildman–Crippen LogP) is 4.12. The number of benzene rings is 2. The van der Waals surface area contributed by atoms with Crippen LogP contribution in [0.1, 0.15) is 30.1 Å². The van der Waals surface area contributed by atoms with E-state index in [1.807, 2.05) is 37.5 Å². The van der Waals surface area contributed by atoms with Crippen LogP contribution in [0.3, 0.4) is 0 Å². The maximum atomic E-state index is 4.59. The first-order chi connectivity index (χ1) is 12.2. The Labute approximate surface area is 146 Å². The van der Waals surface area contributed by atoms with Crippen LogP contribution < -0.4 is 0 Å². The van der Waals surface area contributed by atoms with E-state index in [0.29, 0.717) is 5.82 Å². The lowest BCUT2D eigenvalue weighted by Gasteiger charge is -2.14. The van der Waals surface area contributed by atoms with Crippen molar-refractivity contribution in [2.24, 2.45) is 0 Å². The molecule has 4 rings (SSSR count). The topological polar surface area (TPSA) is 59.4 Å². The Morgan fingerprint density at radius 2 is 1.76 bits per heavy atom. The summed E-state index contributed by atoms with van der Waals surface area (Å²) in [6, 6.07) is 18.7. The van der Waals surface area contributed by atoms with Gasteiger partial charge in [-0.25, -0.2) is 9.97 Å². The molecule has 0 aliphatic rings. The van der Waals surface area contributed by atoms with E-state index in [0.717, 1.165) is 22.9 Å². The first-order valence-electron chi connectivity index (χ1n) is 8.30. The Kier molecular flexibility index (Phi) is 3.90. The smallest absolute Gasteiger partial charge is 0.181 e. The van der Waals surface area contributed by atoms with Crippen LogP contribution in [0.2, 0.25) is 0 Å². The minimum atomic E-state index is 0.214. The predicted molar refractivity (Wildman–Crippen MR) is 97.6 cm³/mol. The summed E-state index contributed by atoms with van der Waals surface area (Å²) in [5, 5.41) is 7.08. The van der Waals surface area contributed by atoms with Crippen LogP contribution >= 0.6 is 0 Å². The van der Waals surface area contributed by atoms with Crippen LogP contribution in [0.5, 0.6) is 0 Å². The van der Waals surface area contributed by atoms with Crippen LogP contribution in [0.15, 0.2) is 67.0 Å². The Morgan fingerprint density at radius 3 is 2.44 bits per heavy atom. The second-order valence-electron chi connectivity index (χ2n) is 6.08. The van der Waals surface area contributed by atoms with Crippen molar-refractivity contribution in [3.05, 3.63) is 84.2 Å². The van der Waals surface area contributed by atoms with Crippen LogP contribution in [-0.4, -0.2) is 24.7 Å². The zero-order valence-corrected chi connectivity index (χ0v) is 14.2. The van der Waals surface area contributed by atoms with Crippen molar-refractivity contribution in [2.75, 3.05) is 0 Å². The van der Waals surface area contributed by atoms with Gasteiger partial charge in [0.15, 0.2) is 5.82 Å². The molecule has 124 valence electrons. The Bertz CT molecular complexity index is 967. The maximum Gasteiger partial charge on any atom is 0.181 e. The van der Waals surface area contributed by atoms with Gasteiger partial charge in [-0.05, 0) is 36.8 Å². The van der Waals surface area contributed by atoms with E-state index >= 15 is 0 Å². The summed E-state index contributed by atoms with van der Waals surface area (Å²) in [5.41, 5.74) is 3.32. The molecule has 4 aromatic rings. The Balaban J connectivity index is 1.66. The second kappa shape index (κ2) is 6.36. The highest BCUT2D eigenvalue weighted by Crippen LogP contribution is 2.25. The first kappa shape index (κ1) is 15.3. The summed E-state index contributed by atoms with van der Waals surface area (Å²) >= 11 is 0. The number of nitrogens with zero attached hydrogens (tertiary/aromatic N) is 4. The molecule has 0 aliphatic heterocycles. The molecule has 2 aromatic carbocycles. The summed E-state index contributed by atoms with van der Waals surface area (Å²) in [6.07, 6.45) is 3.85. The Hall–Kier alpha value is -3.21. The summed E-state index contributed by atoms with van der Waals surface area (Å²) in [6.45, 7) is 4.08. The molecule has 0 aliphatic carbocycles. The summed E-state index contributed by atoms with van der Waals surface area (Å²) in [5.74, 6) is 2.76. The number of imidazole rings is 1. The fourth-order valence-corrected chi connectivity index (χ4v) is 2.99. The lowest BCUT2D eigenvalue weighted by molar-refractivity contribution is 0.789. The molecule has 0 radical (unpaired) electrons. The van der Waals surface area contributed by atoms with Crippen molar-refractivity contribution in [1.29, 1.82) is 0 Å². The molecule has 2 aromatic heterocycles. The molecular weight excluding hydrogens is 310 g/mol. The highest BCUT2D eigenvalue weighted by Gasteiger charge is 2.15. The zero-order chi connectivity index (χ0) is 17.2. The van der Waals surface area contributed by atoms with Gasteiger partial charge in [0.25, 0.3) is 0 Å². The molecule has 0 saturated heterocycles. The lowest BCUT2D eigenvalue weighted by atomic mass is 10.0. The van der Waals surface area contributed by atoms with Gasteiger partial charge < -0.3 is 4.57 Å². The monoisotopic (exact) mass is 329 g/mol. The molecule has 5 nitrogen and oxygen atoms in total. The van der Waals surface area contributed by atoms with Gasteiger partial charge in [-0.2, -0.15) is 5.10 Å². The van der Waals surface area contributed by atoms with Gasteiger partial charge in [-0.3, -0.25) is 5.10 Å². The van der Waals surface area contributed by atoms with Gasteiger partial charge in [0.2, 0.25) is 0 Å². The van der Waals surface area contributed by atoms with Gasteiger partial charge in [-0.15, -0.1) is 0 Å². The second-order valence-corrected chi connectivity index (χ2v) is 6.08. The van der Waals surface area contributed by atoms with E-state index in [9.17, 15) is 0 Å². The van der Waals surface area contributed by atoms with E-state index < -0.39 is 0 Å². The van der Waals surface area contributed by atoms with Crippen LogP contribution in [0, 0.1) is 6.92 Å². The molecule has 2 heterocycles. The van der Waals surface area contributed by atoms with Crippen molar-refractivity contribution in [3.8, 4) is 17.1 Å². The van der Waals surface area contributed by atoms with Crippen LogP contribution in [-0.2, 0) is 0 Å². The van der Waals surface area contributed by atoms with Crippen molar-refractivity contribution in [3.63, 3.8) is 0 Å². The average Bonchev–Trinajstić information content (AvgIpc) is 3.31. The summed E-state index contributed by atoms with van der Waals surface area (Å²) in [4.78, 5) is 8.96. The van der Waals surface area contributed by atoms with Gasteiger partial charge in [0, 0.05) is 29.6 Å². The molecule has 1 unspecified atom stereocenters. The largest absolute Gasteiger partial charge is 0.303 e. The number of hydrogen-bond donors (Lipinski definition) is 1. The minimum absolute atomic E-state index is 0.214. The first-order valence-corrected chi connectivity index (χ1v) is 8.30. The number of aromatic amines is 1. The Morgan fingerprint density at radius 1 is 1.00 bits per heavy atom. The average molecular weight is 329 g/mol. The third-order valence-corrected chi connectivity index (χ3v) is 4.36. The fraction of sp³-hybridized carbons (Fsp3) is 0.150. The fourth-order valence-electron chi connectivity index (χ4n) is 2.99. The number of aryl methyl sites for hydroxylation is 1. The molecule has 0 saturated carbocycles. The van der Waals surface area contributed by atoms with Crippen LogP contribution in [0.25, 0.3) is 17.1 Å². The van der Waals surface area contributed by atoms with E-state index in [-0.39, 0.29) is 5.92 Å². The molecule has 0 spiro atoms. The van der Waals surface area contributed by atoms with Gasteiger partial charge in [-0.1, -0.05) is 37.3 Å². The van der Waals surface area contributed by atoms with E-state index in [2.05, 4.69) is 68.1 Å². The van der Waals surface area contributed by atoms with Crippen molar-refractivity contribution < 1.29 is 0 Å². The SMILES string of the molecule is Cc1nc(-c2ccc(-n3ccnc3C(C)c3ccccc3)cc2)n[nH]1. The number of H-pyrrole nitrogens is 1. The molecule has 0 bridgehead atoms. The van der Waals surface area contributed by atoms with Gasteiger partial charge >= 0.3 is 0 Å². The summed E-state index contributed by atoms with van der Waals surface area (Å²) < 4.78 is 2.13. The summed E-state index contributed by atoms with van der Waals surface area (Å²) in [7, 11) is 0. The maximum absolute atomic E-state index is 4.59. The standard InChI is InChI=1S/C20H19N5/c1-14(16-6-4-3-5-7-16)20-21-12-13-25(20)18-10-8-17(9-11-18)19-22-15(2)23-24-19/h3-14H,1-2H3,(H,22,23,24). The molecule has 1 atom stereocenters. The molecular formula is C20H19N5. The highest BCUT2D eigenvalue weighted by molar-refractivity contribution is 5.57. The number of hydrogen-bond acceptors (Lipinski definition) is 3. The van der Waals surface area contributed by atoms with Crippen molar-refractivity contribution >= 4 is 0 Å². The molecule has 25 heavy (non-hydrogen) atoms. The number of nitrogens with one attached hydrogen (secondary N) is 1. The van der Waals surface area contributed by atoms with Crippen molar-refractivity contribution in [1.82, 2.24) is 24.7 Å². The highest BCUT2D eigenvalue weighted by atomic mass is 15.2. The quantitative estimate of drug-likeness (QED) is 0.613. The molecule has 5 heteroatoms. The number of aromatic nitrogens is 5. The van der Waals surface area contributed by atoms with E-state index in [1.165, 1.54) is 5.56 Å². The van der Waals surface area contributed by atoms with E-state index in [4.69, 9.17) is 0 Å². The van der Waals surface area contributed by atoms with Gasteiger partial charge in [0.1, 0.15) is 11.6 Å². The zero-order valence-electron chi connectivity index (χ0n) is 14.2. The molecule has 0 amide bonds. The van der Waals surface area contributed by atoms with Crippen molar-refractivity contribution in [2.45, 2.75) is 19.8 Å². The third-order valence-electron chi connectivity index (χ3n) is 4.36. The van der Waals surface area contributed by atoms with Gasteiger partial charge in [0.05, 0.1) is 0 Å².